The molecule has 3 atom stereocenters. The summed E-state index contributed by atoms with van der Waals surface area (Å²) in [5.74, 6) is -3.02. The van der Waals surface area contributed by atoms with E-state index in [1.807, 2.05) is 78.9 Å². The Balaban J connectivity index is 1.50. The highest BCUT2D eigenvalue weighted by Gasteiger charge is 2.30. The van der Waals surface area contributed by atoms with Gasteiger partial charge in [0.25, 0.3) is 5.91 Å². The molecule has 0 fully saturated rings. The fraction of sp³-hybridized carbons (Fsp3) is 0.371. The van der Waals surface area contributed by atoms with Crippen LogP contribution in [0.5, 0.6) is 0 Å². The van der Waals surface area contributed by atoms with Gasteiger partial charge in [0.1, 0.15) is 12.6 Å². The number of aliphatic hydroxyl groups is 1. The highest BCUT2D eigenvalue weighted by Crippen LogP contribution is 2.21. The van der Waals surface area contributed by atoms with Crippen LogP contribution < -0.4 is 16.0 Å². The smallest absolute Gasteiger partial charge is 0.309 e. The van der Waals surface area contributed by atoms with Gasteiger partial charge < -0.3 is 30.5 Å². The number of nitrogens with one attached hydrogen (secondary N) is 3. The van der Waals surface area contributed by atoms with Crippen LogP contribution in [0.3, 0.4) is 0 Å². The number of amides is 3. The summed E-state index contributed by atoms with van der Waals surface area (Å²) in [7, 11) is 0. The Hall–Kier alpha value is -4.54. The molecular weight excluding hydrogens is 574 g/mol. The molecule has 3 aromatic rings. The number of fused-ring (bicyclic) bond motifs is 1. The normalized spacial score (nSPS) is 19.4. The molecule has 45 heavy (non-hydrogen) atoms. The number of anilines is 1. The summed E-state index contributed by atoms with van der Waals surface area (Å²) >= 11 is 0. The molecule has 1 heterocycles. The number of hydrogen-bond donors (Lipinski definition) is 4. The van der Waals surface area contributed by atoms with Crippen molar-refractivity contribution >= 4 is 40.2 Å². The average Bonchev–Trinajstić information content (AvgIpc) is 3.06. The van der Waals surface area contributed by atoms with Gasteiger partial charge in [0.2, 0.25) is 11.8 Å². The summed E-state index contributed by atoms with van der Waals surface area (Å²) in [5.41, 5.74) is 1.53. The van der Waals surface area contributed by atoms with Gasteiger partial charge in [-0.25, -0.2) is 0 Å². The maximum atomic E-state index is 13.5. The first kappa shape index (κ1) is 33.4. The number of cyclic esters (lactones) is 1. The Morgan fingerprint density at radius 3 is 2.51 bits per heavy atom. The van der Waals surface area contributed by atoms with Gasteiger partial charge in [-0.2, -0.15) is 0 Å². The zero-order valence-corrected chi connectivity index (χ0v) is 25.3. The van der Waals surface area contributed by atoms with Crippen molar-refractivity contribution in [2.24, 2.45) is 11.8 Å². The number of aliphatic hydroxyl groups excluding tert-OH is 1. The first-order chi connectivity index (χ1) is 21.9. The molecule has 238 valence electrons. The van der Waals surface area contributed by atoms with E-state index in [2.05, 4.69) is 16.0 Å². The molecule has 1 aliphatic rings. The molecule has 3 unspecified atom stereocenters. The van der Waals surface area contributed by atoms with E-state index in [-0.39, 0.29) is 51.7 Å². The van der Waals surface area contributed by atoms with E-state index in [0.29, 0.717) is 24.9 Å². The van der Waals surface area contributed by atoms with Crippen LogP contribution in [-0.2, 0) is 35.1 Å². The van der Waals surface area contributed by atoms with Gasteiger partial charge in [0.15, 0.2) is 0 Å². The average molecular weight is 616 g/mol. The third-order valence-electron chi connectivity index (χ3n) is 7.58. The van der Waals surface area contributed by atoms with E-state index >= 15 is 0 Å². The van der Waals surface area contributed by atoms with Crippen LogP contribution in [0.25, 0.3) is 10.8 Å². The number of hydrogen-bond acceptors (Lipinski definition) is 7. The van der Waals surface area contributed by atoms with E-state index in [1.165, 1.54) is 0 Å². The predicted molar refractivity (Wildman–Crippen MR) is 171 cm³/mol. The zero-order chi connectivity index (χ0) is 31.9. The number of benzene rings is 3. The van der Waals surface area contributed by atoms with E-state index in [1.54, 1.807) is 6.07 Å². The van der Waals surface area contributed by atoms with Crippen LogP contribution in [0, 0.1) is 11.8 Å². The second-order valence-electron chi connectivity index (χ2n) is 11.0. The summed E-state index contributed by atoms with van der Waals surface area (Å²) in [6.45, 7) is 0.170. The lowest BCUT2D eigenvalue weighted by molar-refractivity contribution is -0.150. The third-order valence-corrected chi connectivity index (χ3v) is 7.58. The molecule has 10 heteroatoms. The fourth-order valence-corrected chi connectivity index (χ4v) is 5.14. The number of rotatable bonds is 11. The lowest BCUT2D eigenvalue weighted by atomic mass is 9.94. The van der Waals surface area contributed by atoms with Gasteiger partial charge in [-0.05, 0) is 54.2 Å². The molecule has 1 aliphatic heterocycles. The maximum absolute atomic E-state index is 13.5. The van der Waals surface area contributed by atoms with Crippen molar-refractivity contribution in [2.45, 2.75) is 38.1 Å². The maximum Gasteiger partial charge on any atom is 0.309 e. The number of esters is 1. The molecule has 0 saturated heterocycles. The molecule has 0 aliphatic carbocycles. The Morgan fingerprint density at radius 2 is 1.71 bits per heavy atom. The zero-order valence-electron chi connectivity index (χ0n) is 25.3. The summed E-state index contributed by atoms with van der Waals surface area (Å²) in [6, 6.07) is 21.7. The predicted octanol–water partition coefficient (Wildman–Crippen LogP) is 3.54. The molecule has 4 N–H and O–H groups in total. The molecule has 0 bridgehead atoms. The highest BCUT2D eigenvalue weighted by molar-refractivity contribution is 5.99. The van der Waals surface area contributed by atoms with Gasteiger partial charge in [0.05, 0.1) is 31.7 Å². The van der Waals surface area contributed by atoms with Crippen molar-refractivity contribution in [1.29, 1.82) is 0 Å². The minimum absolute atomic E-state index is 0.106. The summed E-state index contributed by atoms with van der Waals surface area (Å²) in [5, 5.41) is 19.1. The van der Waals surface area contributed by atoms with Gasteiger partial charge in [-0.3, -0.25) is 19.2 Å². The van der Waals surface area contributed by atoms with Crippen molar-refractivity contribution in [2.75, 3.05) is 38.3 Å². The second-order valence-corrected chi connectivity index (χ2v) is 11.0. The molecule has 3 amide bonds. The van der Waals surface area contributed by atoms with E-state index in [9.17, 15) is 19.2 Å². The summed E-state index contributed by atoms with van der Waals surface area (Å²) in [6.07, 6.45) is 5.52. The third kappa shape index (κ3) is 10.8. The molecule has 0 saturated carbocycles. The Labute approximate surface area is 263 Å². The summed E-state index contributed by atoms with van der Waals surface area (Å²) < 4.78 is 10.9. The minimum atomic E-state index is -1.19. The van der Waals surface area contributed by atoms with Gasteiger partial charge >= 0.3 is 5.97 Å². The number of carbonyl (C=O) groups is 4. The first-order valence-corrected chi connectivity index (χ1v) is 15.3. The Morgan fingerprint density at radius 1 is 0.933 bits per heavy atom. The second kappa shape index (κ2) is 17.7. The van der Waals surface area contributed by atoms with Gasteiger partial charge in [-0.15, -0.1) is 0 Å². The first-order valence-electron chi connectivity index (χ1n) is 15.3. The molecule has 0 aromatic heterocycles. The van der Waals surface area contributed by atoms with Gasteiger partial charge in [0, 0.05) is 18.7 Å². The number of ether oxygens (including phenoxy) is 2. The van der Waals surface area contributed by atoms with Crippen LogP contribution in [0.4, 0.5) is 5.69 Å². The standard InChI is InChI=1S/C35H41N3O7/c39-18-20-44-19-17-36-32(40)23-28-13-5-2-6-14-29(21-25-9-3-1-4-10-25)35(43)45-24-31(38-33(28)41)34(42)37-30-16-15-26-11-7-8-12-27(26)22-30/h1-5,7-12,15-16,22,28-29,31,39H,6,13-14,17-21,23-24H2,(H,36,40)(H,37,42)(H,38,41). The van der Waals surface area contributed by atoms with E-state index < -0.39 is 35.7 Å². The van der Waals surface area contributed by atoms with Crippen LogP contribution in [-0.4, -0.2) is 67.8 Å². The van der Waals surface area contributed by atoms with Crippen LogP contribution in [0.1, 0.15) is 31.2 Å². The van der Waals surface area contributed by atoms with E-state index in [0.717, 1.165) is 16.3 Å². The van der Waals surface area contributed by atoms with E-state index in [4.69, 9.17) is 14.6 Å². The highest BCUT2D eigenvalue weighted by atomic mass is 16.5. The largest absolute Gasteiger partial charge is 0.463 e. The lowest BCUT2D eigenvalue weighted by Crippen LogP contribution is -2.49. The quantitative estimate of drug-likeness (QED) is 0.147. The molecule has 3 aromatic carbocycles. The Kier molecular flexibility index (Phi) is 13.1. The lowest BCUT2D eigenvalue weighted by Gasteiger charge is -2.23. The summed E-state index contributed by atoms with van der Waals surface area (Å²) in [4.78, 5) is 53.0. The van der Waals surface area contributed by atoms with Crippen LogP contribution in [0.2, 0.25) is 0 Å². The minimum Gasteiger partial charge on any atom is -0.463 e. The van der Waals surface area contributed by atoms with Crippen molar-refractivity contribution < 1.29 is 33.8 Å². The molecule has 0 radical (unpaired) electrons. The molecule has 10 nitrogen and oxygen atoms in total. The van der Waals surface area contributed by atoms with Crippen molar-refractivity contribution in [3.05, 3.63) is 90.5 Å². The molecule has 4 rings (SSSR count). The fourth-order valence-electron chi connectivity index (χ4n) is 5.14. The molecule has 0 spiro atoms. The Bertz CT molecular complexity index is 1460. The molecular formula is C35H41N3O7. The van der Waals surface area contributed by atoms with Crippen LogP contribution >= 0.6 is 0 Å². The monoisotopic (exact) mass is 615 g/mol. The topological polar surface area (TPSA) is 143 Å². The van der Waals surface area contributed by atoms with Crippen LogP contribution in [0.15, 0.2) is 84.9 Å². The van der Waals surface area contributed by atoms with Crippen molar-refractivity contribution in [3.63, 3.8) is 0 Å². The number of carbonyl (C=O) groups excluding carboxylic acids is 4. The number of allylic oxidation sites excluding steroid dienone is 2. The SMILES string of the molecule is O=C(CC1CC=CCCC(Cc2ccccc2)C(=O)OCC(C(=O)Nc2ccc3ccccc3c2)NC1=O)NCCOCCO. The van der Waals surface area contributed by atoms with Crippen molar-refractivity contribution in [3.8, 4) is 0 Å². The van der Waals surface area contributed by atoms with Crippen molar-refractivity contribution in [1.82, 2.24) is 10.6 Å². The van der Waals surface area contributed by atoms with Gasteiger partial charge in [-0.1, -0.05) is 72.8 Å².